The Labute approximate surface area is 152 Å². The molecule has 0 aliphatic carbocycles. The molecule has 0 atom stereocenters. The second-order valence-electron chi connectivity index (χ2n) is 5.60. The predicted molar refractivity (Wildman–Crippen MR) is 89.0 cm³/mol. The molecule has 0 unspecified atom stereocenters. The van der Waals surface area contributed by atoms with Crippen molar-refractivity contribution in [1.29, 1.82) is 5.26 Å². The fourth-order valence-corrected chi connectivity index (χ4v) is 2.63. The molecule has 1 aromatic heterocycles. The van der Waals surface area contributed by atoms with Crippen LogP contribution >= 0.6 is 0 Å². The van der Waals surface area contributed by atoms with E-state index in [1.807, 2.05) is 6.07 Å². The molecular weight excluding hydrogens is 350 g/mol. The zero-order valence-electron chi connectivity index (χ0n) is 13.6. The van der Waals surface area contributed by atoms with Crippen molar-refractivity contribution in [3.8, 4) is 17.3 Å². The smallest absolute Gasteiger partial charge is 0.348 e. The van der Waals surface area contributed by atoms with Gasteiger partial charge in [0.2, 0.25) is 5.76 Å². The molecule has 0 fully saturated rings. The monoisotopic (exact) mass is 359 g/mol. The van der Waals surface area contributed by atoms with E-state index in [1.54, 1.807) is 36.4 Å². The number of hydroxylamine groups is 2. The van der Waals surface area contributed by atoms with Crippen molar-refractivity contribution in [3.63, 3.8) is 0 Å². The molecule has 0 saturated carbocycles. The van der Waals surface area contributed by atoms with Crippen LogP contribution in [0.5, 0.6) is 0 Å². The van der Waals surface area contributed by atoms with Gasteiger partial charge in [0.25, 0.3) is 11.8 Å². The Morgan fingerprint density at radius 3 is 2.41 bits per heavy atom. The van der Waals surface area contributed by atoms with Gasteiger partial charge in [-0.05, 0) is 24.3 Å². The van der Waals surface area contributed by atoms with Crippen LogP contribution in [-0.4, -0.2) is 28.0 Å². The van der Waals surface area contributed by atoms with Crippen LogP contribution in [0.1, 0.15) is 36.8 Å². The number of benzene rings is 2. The first-order chi connectivity index (χ1) is 13.1. The van der Waals surface area contributed by atoms with Crippen LogP contribution in [0.3, 0.4) is 0 Å². The quantitative estimate of drug-likeness (QED) is 0.660. The maximum Gasteiger partial charge on any atom is 0.401 e. The molecule has 8 heteroatoms. The van der Waals surface area contributed by atoms with E-state index in [9.17, 15) is 14.4 Å². The summed E-state index contributed by atoms with van der Waals surface area (Å²) in [6.45, 7) is 0. The number of nitrogens with zero attached hydrogens (tertiary/aromatic N) is 3. The summed E-state index contributed by atoms with van der Waals surface area (Å²) < 4.78 is 4.96. The van der Waals surface area contributed by atoms with E-state index in [1.165, 1.54) is 18.2 Å². The minimum atomic E-state index is -1.04. The second-order valence-corrected chi connectivity index (χ2v) is 5.60. The Bertz CT molecular complexity index is 1110. The van der Waals surface area contributed by atoms with E-state index in [4.69, 9.17) is 14.6 Å². The molecule has 2 aromatic carbocycles. The number of amides is 2. The van der Waals surface area contributed by atoms with Crippen molar-refractivity contribution >= 4 is 17.8 Å². The first-order valence-electron chi connectivity index (χ1n) is 7.76. The Kier molecular flexibility index (Phi) is 3.75. The summed E-state index contributed by atoms with van der Waals surface area (Å²) in [7, 11) is 0. The number of rotatable bonds is 3. The van der Waals surface area contributed by atoms with Crippen molar-refractivity contribution in [1.82, 2.24) is 10.2 Å². The van der Waals surface area contributed by atoms with Crippen LogP contribution < -0.4 is 0 Å². The van der Waals surface area contributed by atoms with Gasteiger partial charge < -0.3 is 9.36 Å². The van der Waals surface area contributed by atoms with E-state index in [0.29, 0.717) is 21.9 Å². The van der Waals surface area contributed by atoms with Gasteiger partial charge in [-0.15, -0.1) is 0 Å². The number of hydrogen-bond donors (Lipinski definition) is 0. The number of carbonyl (C=O) groups is 3. The fourth-order valence-electron chi connectivity index (χ4n) is 2.63. The molecule has 0 radical (unpaired) electrons. The van der Waals surface area contributed by atoms with E-state index in [2.05, 4.69) is 5.16 Å². The van der Waals surface area contributed by atoms with Gasteiger partial charge in [-0.1, -0.05) is 34.5 Å². The van der Waals surface area contributed by atoms with Gasteiger partial charge >= 0.3 is 5.97 Å². The highest BCUT2D eigenvalue weighted by Crippen LogP contribution is 2.24. The Morgan fingerprint density at radius 1 is 1.04 bits per heavy atom. The van der Waals surface area contributed by atoms with Crippen molar-refractivity contribution in [2.45, 2.75) is 0 Å². The molecule has 130 valence electrons. The van der Waals surface area contributed by atoms with Crippen LogP contribution in [0.25, 0.3) is 11.3 Å². The van der Waals surface area contributed by atoms with Crippen molar-refractivity contribution in [2.75, 3.05) is 0 Å². The lowest BCUT2D eigenvalue weighted by Crippen LogP contribution is -2.32. The molecule has 2 amide bonds. The molecule has 0 bridgehead atoms. The van der Waals surface area contributed by atoms with Gasteiger partial charge in [-0.3, -0.25) is 9.59 Å². The Morgan fingerprint density at radius 2 is 1.74 bits per heavy atom. The summed E-state index contributed by atoms with van der Waals surface area (Å²) in [4.78, 5) is 41.6. The summed E-state index contributed by atoms with van der Waals surface area (Å²) in [5.41, 5.74) is 1.60. The number of aromatic nitrogens is 1. The van der Waals surface area contributed by atoms with E-state index >= 15 is 0 Å². The average molecular weight is 359 g/mol. The van der Waals surface area contributed by atoms with Gasteiger partial charge in [0, 0.05) is 11.6 Å². The fraction of sp³-hybridized carbons (Fsp3) is 0. The lowest BCUT2D eigenvalue weighted by atomic mass is 10.1. The van der Waals surface area contributed by atoms with Crippen molar-refractivity contribution < 1.29 is 23.7 Å². The zero-order valence-corrected chi connectivity index (χ0v) is 13.6. The van der Waals surface area contributed by atoms with Crippen LogP contribution in [0, 0.1) is 11.3 Å². The van der Waals surface area contributed by atoms with Gasteiger partial charge in [0.1, 0.15) is 5.69 Å². The molecule has 27 heavy (non-hydrogen) atoms. The van der Waals surface area contributed by atoms with Crippen molar-refractivity contribution in [2.24, 2.45) is 0 Å². The van der Waals surface area contributed by atoms with Crippen LogP contribution in [-0.2, 0) is 4.84 Å². The molecule has 4 rings (SSSR count). The molecular formula is C19H9N3O5. The molecule has 0 spiro atoms. The third-order valence-corrected chi connectivity index (χ3v) is 3.93. The number of carbonyl (C=O) groups excluding carboxylic acids is 3. The number of hydrogen-bond acceptors (Lipinski definition) is 7. The molecule has 2 heterocycles. The van der Waals surface area contributed by atoms with E-state index in [0.717, 1.165) is 0 Å². The first kappa shape index (κ1) is 16.2. The maximum absolute atomic E-state index is 12.3. The summed E-state index contributed by atoms with van der Waals surface area (Å²) in [6.07, 6.45) is 0. The first-order valence-corrected chi connectivity index (χ1v) is 7.76. The summed E-state index contributed by atoms with van der Waals surface area (Å²) in [6, 6.07) is 16.0. The third-order valence-electron chi connectivity index (χ3n) is 3.93. The zero-order chi connectivity index (χ0) is 19.0. The Hall–Kier alpha value is -4.25. The third kappa shape index (κ3) is 2.73. The maximum atomic E-state index is 12.3. The Balaban J connectivity index is 1.55. The minimum Gasteiger partial charge on any atom is -0.348 e. The molecule has 3 aromatic rings. The van der Waals surface area contributed by atoms with E-state index in [-0.39, 0.29) is 16.9 Å². The number of imide groups is 1. The number of nitriles is 1. The van der Waals surface area contributed by atoms with Gasteiger partial charge in [0.15, 0.2) is 0 Å². The summed E-state index contributed by atoms with van der Waals surface area (Å²) >= 11 is 0. The summed E-state index contributed by atoms with van der Waals surface area (Å²) in [5.74, 6) is -2.79. The topological polar surface area (TPSA) is 114 Å². The standard InChI is InChI=1S/C19H9N3O5/c20-10-11-4-3-5-12(8-11)15-9-16(26-21-15)19(25)27-22-17(23)13-6-1-2-7-14(13)18(22)24/h1-9H. The van der Waals surface area contributed by atoms with Crippen molar-refractivity contribution in [3.05, 3.63) is 77.0 Å². The van der Waals surface area contributed by atoms with Crippen LogP contribution in [0.2, 0.25) is 0 Å². The minimum absolute atomic E-state index is 0.155. The lowest BCUT2D eigenvalue weighted by molar-refractivity contribution is -0.0607. The molecule has 8 nitrogen and oxygen atoms in total. The highest BCUT2D eigenvalue weighted by atomic mass is 16.7. The molecule has 0 N–H and O–H groups in total. The van der Waals surface area contributed by atoms with Gasteiger partial charge in [-0.2, -0.15) is 5.26 Å². The van der Waals surface area contributed by atoms with Crippen LogP contribution in [0.15, 0.2) is 59.1 Å². The lowest BCUT2D eigenvalue weighted by Gasteiger charge is -2.10. The highest BCUT2D eigenvalue weighted by Gasteiger charge is 2.39. The average Bonchev–Trinajstić information content (AvgIpc) is 3.29. The number of fused-ring (bicyclic) bond motifs is 1. The molecule has 1 aliphatic heterocycles. The predicted octanol–water partition coefficient (Wildman–Crippen LogP) is 2.58. The largest absolute Gasteiger partial charge is 0.401 e. The normalized spacial score (nSPS) is 12.6. The molecule has 1 aliphatic rings. The highest BCUT2D eigenvalue weighted by molar-refractivity contribution is 6.21. The second kappa shape index (κ2) is 6.24. The van der Waals surface area contributed by atoms with E-state index < -0.39 is 17.8 Å². The van der Waals surface area contributed by atoms with Gasteiger partial charge in [-0.25, -0.2) is 4.79 Å². The molecule has 0 saturated heterocycles. The van der Waals surface area contributed by atoms with Gasteiger partial charge in [0.05, 0.1) is 22.8 Å². The van der Waals surface area contributed by atoms with Crippen LogP contribution in [0.4, 0.5) is 0 Å². The summed E-state index contributed by atoms with van der Waals surface area (Å²) in [5, 5.41) is 13.1. The SMILES string of the molecule is N#Cc1cccc(-c2cc(C(=O)ON3C(=O)c4ccccc4C3=O)on2)c1.